The average molecular weight is 318 g/mol. The van der Waals surface area contributed by atoms with E-state index in [9.17, 15) is 4.79 Å². The summed E-state index contributed by atoms with van der Waals surface area (Å²) in [6.07, 6.45) is 4.64. The van der Waals surface area contributed by atoms with Gasteiger partial charge in [0, 0.05) is 12.6 Å². The summed E-state index contributed by atoms with van der Waals surface area (Å²) in [6.45, 7) is 6.93. The van der Waals surface area contributed by atoms with Crippen molar-refractivity contribution >= 4 is 13.1 Å². The lowest BCUT2D eigenvalue weighted by molar-refractivity contribution is -0.145. The third-order valence-electron chi connectivity index (χ3n) is 4.00. The van der Waals surface area contributed by atoms with Crippen LogP contribution in [0.2, 0.25) is 6.32 Å². The molecule has 0 heterocycles. The normalized spacial score (nSPS) is 20.6. The molecule has 1 fully saturated rings. The van der Waals surface area contributed by atoms with Gasteiger partial charge in [-0.15, -0.1) is 0 Å². The molecule has 1 aliphatic carbocycles. The van der Waals surface area contributed by atoms with Gasteiger partial charge in [0.2, 0.25) is 0 Å². The maximum atomic E-state index is 11.1. The van der Waals surface area contributed by atoms with Gasteiger partial charge in [-0.25, -0.2) is 0 Å². The summed E-state index contributed by atoms with van der Waals surface area (Å²) in [7, 11) is 2.47. The molecule has 1 rings (SSSR count). The first-order valence-electron chi connectivity index (χ1n) is 8.16. The third-order valence-corrected chi connectivity index (χ3v) is 4.00. The summed E-state index contributed by atoms with van der Waals surface area (Å²) >= 11 is 0. The van der Waals surface area contributed by atoms with Gasteiger partial charge in [-0.2, -0.15) is 0 Å². The molecule has 0 aromatic rings. The number of carboxylic acid groups (broad SMARTS) is 1. The number of aliphatic carboxylic acids is 1. The number of carboxylic acids is 1. The Morgan fingerprint density at radius 1 is 1.27 bits per heavy atom. The molecule has 1 aliphatic rings. The van der Waals surface area contributed by atoms with E-state index in [1.165, 1.54) is 13.5 Å². The predicted molar refractivity (Wildman–Crippen MR) is 91.6 cm³/mol. The highest BCUT2D eigenvalue weighted by atomic mass is 16.4. The monoisotopic (exact) mass is 318 g/mol. The second-order valence-electron chi connectivity index (χ2n) is 5.91. The Labute approximate surface area is 135 Å². The molecule has 1 saturated carbocycles. The Balaban J connectivity index is 0. The predicted octanol–water partition coefficient (Wildman–Crippen LogP) is 1.27. The zero-order chi connectivity index (χ0) is 17.7. The minimum Gasteiger partial charge on any atom is -0.481 e. The van der Waals surface area contributed by atoms with Crippen LogP contribution in [0.5, 0.6) is 0 Å². The fraction of sp³-hybridized carbons (Fsp3) is 0.933. The van der Waals surface area contributed by atoms with E-state index in [1.54, 1.807) is 6.92 Å². The van der Waals surface area contributed by atoms with Gasteiger partial charge in [-0.05, 0) is 53.0 Å². The van der Waals surface area contributed by atoms with Crippen LogP contribution >= 0.6 is 0 Å². The maximum absolute atomic E-state index is 11.1. The number of hydrogen-bond donors (Lipinski definition) is 4. The molecule has 1 unspecified atom stereocenters. The van der Waals surface area contributed by atoms with Crippen molar-refractivity contribution in [1.29, 1.82) is 0 Å². The van der Waals surface area contributed by atoms with Crippen LogP contribution in [0, 0.1) is 11.8 Å². The van der Waals surface area contributed by atoms with Crippen LogP contribution in [-0.2, 0) is 4.79 Å². The molecule has 0 aliphatic heterocycles. The average Bonchev–Trinajstić information content (AvgIpc) is 2.50. The molecule has 0 aromatic carbocycles. The number of hydrogen-bond acceptors (Lipinski definition) is 5. The van der Waals surface area contributed by atoms with Crippen LogP contribution in [0.3, 0.4) is 0 Å². The van der Waals surface area contributed by atoms with Crippen molar-refractivity contribution in [2.45, 2.75) is 58.8 Å². The van der Waals surface area contributed by atoms with Crippen molar-refractivity contribution in [2.75, 3.05) is 20.6 Å². The van der Waals surface area contributed by atoms with Crippen LogP contribution in [0.1, 0.15) is 46.5 Å². The van der Waals surface area contributed by atoms with E-state index < -0.39 is 13.1 Å². The topological polar surface area (TPSA) is 107 Å². The molecule has 2 atom stereocenters. The van der Waals surface area contributed by atoms with E-state index in [2.05, 4.69) is 31.5 Å². The van der Waals surface area contributed by atoms with E-state index in [0.29, 0.717) is 18.3 Å². The van der Waals surface area contributed by atoms with Crippen molar-refractivity contribution in [2.24, 2.45) is 17.6 Å². The summed E-state index contributed by atoms with van der Waals surface area (Å²) in [4.78, 5) is 13.4. The number of nitrogens with two attached hydrogens (primary N) is 1. The van der Waals surface area contributed by atoms with Crippen molar-refractivity contribution in [3.8, 4) is 0 Å². The van der Waals surface area contributed by atoms with E-state index in [4.69, 9.17) is 15.2 Å². The van der Waals surface area contributed by atoms with E-state index in [-0.39, 0.29) is 5.92 Å². The fourth-order valence-electron chi connectivity index (χ4n) is 2.33. The highest BCUT2D eigenvalue weighted by Crippen LogP contribution is 2.30. The highest BCUT2D eigenvalue weighted by molar-refractivity contribution is 6.40. The van der Waals surface area contributed by atoms with Crippen LogP contribution in [-0.4, -0.2) is 59.8 Å². The SMILES string of the molecule is CC(C)N(C)CC1CCCC[C@@H]1C(=O)O.CCB(O)O.CN. The van der Waals surface area contributed by atoms with Gasteiger partial charge in [0.05, 0.1) is 5.92 Å². The Morgan fingerprint density at radius 3 is 2.09 bits per heavy atom. The minimum absolute atomic E-state index is 0.111. The lowest BCUT2D eigenvalue weighted by Crippen LogP contribution is -2.38. The molecule has 0 aromatic heterocycles. The van der Waals surface area contributed by atoms with Gasteiger partial charge in [-0.1, -0.05) is 19.8 Å². The summed E-state index contributed by atoms with van der Waals surface area (Å²) in [5.41, 5.74) is 4.50. The van der Waals surface area contributed by atoms with Gasteiger partial charge >= 0.3 is 13.1 Å². The first kappa shape index (κ1) is 23.6. The largest absolute Gasteiger partial charge is 0.481 e. The van der Waals surface area contributed by atoms with Gasteiger partial charge in [0.25, 0.3) is 0 Å². The number of nitrogens with zero attached hydrogens (tertiary/aromatic N) is 1. The lowest BCUT2D eigenvalue weighted by atomic mass is 9.79. The zero-order valence-corrected chi connectivity index (χ0v) is 14.8. The minimum atomic E-state index is -1.12. The molecule has 0 amide bonds. The van der Waals surface area contributed by atoms with Crippen molar-refractivity contribution < 1.29 is 19.9 Å². The molecule has 0 radical (unpaired) electrons. The highest BCUT2D eigenvalue weighted by Gasteiger charge is 2.31. The van der Waals surface area contributed by atoms with Gasteiger partial charge in [0.1, 0.15) is 0 Å². The second kappa shape index (κ2) is 14.0. The summed E-state index contributed by atoms with van der Waals surface area (Å²) in [5.74, 6) is -0.361. The Hall–Kier alpha value is -0.625. The summed E-state index contributed by atoms with van der Waals surface area (Å²) in [5, 5.41) is 25.0. The Kier molecular flexibility index (Phi) is 15.0. The molecule has 0 bridgehead atoms. The van der Waals surface area contributed by atoms with Crippen molar-refractivity contribution in [3.05, 3.63) is 0 Å². The smallest absolute Gasteiger partial charge is 0.451 e. The number of carbonyl (C=O) groups is 1. The Morgan fingerprint density at radius 2 is 1.73 bits per heavy atom. The summed E-state index contributed by atoms with van der Waals surface area (Å²) < 4.78 is 0. The van der Waals surface area contributed by atoms with Crippen LogP contribution in [0.4, 0.5) is 0 Å². The standard InChI is InChI=1S/C12H23NO2.C2H7BO2.CH5N/c1-9(2)13(3)8-10-6-4-5-7-11(10)12(14)15;1-2-3(4)5;1-2/h9-11H,4-8H2,1-3H3,(H,14,15);4-5H,2H2,1H3;2H2,1H3/t10?,11-;;/m0../s1. The van der Waals surface area contributed by atoms with Crippen LogP contribution < -0.4 is 5.73 Å². The third kappa shape index (κ3) is 11.0. The molecular weight excluding hydrogens is 283 g/mol. The molecule has 0 spiro atoms. The molecule has 0 saturated heterocycles. The van der Waals surface area contributed by atoms with E-state index in [0.717, 1.165) is 25.8 Å². The molecular formula is C15H35BN2O4. The van der Waals surface area contributed by atoms with Crippen molar-refractivity contribution in [3.63, 3.8) is 0 Å². The Bertz CT molecular complexity index is 278. The molecule has 22 heavy (non-hydrogen) atoms. The quantitative estimate of drug-likeness (QED) is 0.569. The molecule has 6 nitrogen and oxygen atoms in total. The fourth-order valence-corrected chi connectivity index (χ4v) is 2.33. The molecule has 132 valence electrons. The maximum Gasteiger partial charge on any atom is 0.451 e. The van der Waals surface area contributed by atoms with Crippen LogP contribution in [0.25, 0.3) is 0 Å². The van der Waals surface area contributed by atoms with E-state index >= 15 is 0 Å². The first-order chi connectivity index (χ1) is 10.3. The molecule has 7 heteroatoms. The second-order valence-corrected chi connectivity index (χ2v) is 5.91. The lowest BCUT2D eigenvalue weighted by Gasteiger charge is -2.33. The van der Waals surface area contributed by atoms with Gasteiger partial charge in [0.15, 0.2) is 0 Å². The zero-order valence-electron chi connectivity index (χ0n) is 14.8. The molecule has 5 N–H and O–H groups in total. The van der Waals surface area contributed by atoms with Crippen molar-refractivity contribution in [1.82, 2.24) is 4.90 Å². The van der Waals surface area contributed by atoms with E-state index in [1.807, 2.05) is 0 Å². The first-order valence-corrected chi connectivity index (χ1v) is 8.16. The van der Waals surface area contributed by atoms with Gasteiger partial charge in [-0.3, -0.25) is 4.79 Å². The van der Waals surface area contributed by atoms with Crippen LogP contribution in [0.15, 0.2) is 0 Å². The number of rotatable bonds is 5. The summed E-state index contributed by atoms with van der Waals surface area (Å²) in [6, 6.07) is 0.501. The van der Waals surface area contributed by atoms with Gasteiger partial charge < -0.3 is 25.8 Å².